The smallest absolute Gasteiger partial charge is 0.125 e. The summed E-state index contributed by atoms with van der Waals surface area (Å²) in [4.78, 5) is 6.99. The molecule has 0 saturated carbocycles. The van der Waals surface area contributed by atoms with E-state index in [1.165, 1.54) is 36.1 Å². The molecule has 1 aliphatic heterocycles. The summed E-state index contributed by atoms with van der Waals surface area (Å²) < 4.78 is 5.51. The molecule has 1 saturated heterocycles. The van der Waals surface area contributed by atoms with E-state index in [1.807, 2.05) is 6.07 Å². The number of nitrogen functional groups attached to an aromatic ring is 1. The number of piperidine rings is 1. The standard InChI is InChI=1S/C22H31N3O/c1-3-18-11-10-17(14-21(18)26-2)8-7-9-19-15-20(16-22(23)24-19)25-12-5-4-6-13-25/h10-11,14-16H,3-9,12-13H2,1-2H3,(H2,23,24). The highest BCUT2D eigenvalue weighted by atomic mass is 16.5. The fourth-order valence-corrected chi connectivity index (χ4v) is 3.77. The maximum atomic E-state index is 6.06. The van der Waals surface area contributed by atoms with Gasteiger partial charge in [-0.15, -0.1) is 0 Å². The molecule has 26 heavy (non-hydrogen) atoms. The Bertz CT molecular complexity index is 723. The summed E-state index contributed by atoms with van der Waals surface area (Å²) in [5.41, 5.74) is 11.0. The number of hydrogen-bond acceptors (Lipinski definition) is 4. The van der Waals surface area contributed by atoms with Gasteiger partial charge in [-0.1, -0.05) is 19.1 Å². The number of anilines is 2. The monoisotopic (exact) mass is 353 g/mol. The van der Waals surface area contributed by atoms with E-state index < -0.39 is 0 Å². The molecule has 4 heteroatoms. The normalized spacial score (nSPS) is 14.5. The maximum absolute atomic E-state index is 6.06. The highest BCUT2D eigenvalue weighted by Crippen LogP contribution is 2.24. The van der Waals surface area contributed by atoms with Crippen LogP contribution in [0.15, 0.2) is 30.3 Å². The molecule has 0 unspecified atom stereocenters. The predicted molar refractivity (Wildman–Crippen MR) is 109 cm³/mol. The second-order valence-electron chi connectivity index (χ2n) is 7.14. The second kappa shape index (κ2) is 8.93. The van der Waals surface area contributed by atoms with Crippen LogP contribution in [0.5, 0.6) is 5.75 Å². The molecule has 0 radical (unpaired) electrons. The van der Waals surface area contributed by atoms with Gasteiger partial charge in [0.25, 0.3) is 0 Å². The minimum Gasteiger partial charge on any atom is -0.496 e. The molecule has 2 heterocycles. The zero-order valence-electron chi connectivity index (χ0n) is 16.1. The Labute approximate surface area is 157 Å². The molecular formula is C22H31N3O. The number of rotatable bonds is 7. The molecule has 1 aromatic carbocycles. The zero-order chi connectivity index (χ0) is 18.4. The molecule has 0 spiro atoms. The largest absolute Gasteiger partial charge is 0.496 e. The van der Waals surface area contributed by atoms with E-state index in [4.69, 9.17) is 10.5 Å². The minimum absolute atomic E-state index is 0.636. The molecule has 140 valence electrons. The van der Waals surface area contributed by atoms with Crippen molar-refractivity contribution in [3.8, 4) is 5.75 Å². The summed E-state index contributed by atoms with van der Waals surface area (Å²) in [7, 11) is 1.75. The van der Waals surface area contributed by atoms with Crippen molar-refractivity contribution < 1.29 is 4.74 Å². The summed E-state index contributed by atoms with van der Waals surface area (Å²) in [5, 5.41) is 0. The summed E-state index contributed by atoms with van der Waals surface area (Å²) in [5.74, 6) is 1.64. The number of benzene rings is 1. The van der Waals surface area contributed by atoms with E-state index in [0.717, 1.165) is 50.2 Å². The number of aryl methyl sites for hydroxylation is 3. The zero-order valence-corrected chi connectivity index (χ0v) is 16.1. The van der Waals surface area contributed by atoms with E-state index in [0.29, 0.717) is 5.82 Å². The second-order valence-corrected chi connectivity index (χ2v) is 7.14. The molecular weight excluding hydrogens is 322 g/mol. The number of nitrogens with two attached hydrogens (primary N) is 1. The number of nitrogens with zero attached hydrogens (tertiary/aromatic N) is 2. The molecule has 1 aliphatic rings. The van der Waals surface area contributed by atoms with Gasteiger partial charge < -0.3 is 15.4 Å². The van der Waals surface area contributed by atoms with Crippen LogP contribution >= 0.6 is 0 Å². The van der Waals surface area contributed by atoms with Crippen LogP contribution in [0.3, 0.4) is 0 Å². The van der Waals surface area contributed by atoms with Crippen LogP contribution in [0.4, 0.5) is 11.5 Å². The lowest BCUT2D eigenvalue weighted by molar-refractivity contribution is 0.409. The maximum Gasteiger partial charge on any atom is 0.125 e. The van der Waals surface area contributed by atoms with E-state index >= 15 is 0 Å². The van der Waals surface area contributed by atoms with Crippen LogP contribution in [-0.2, 0) is 19.3 Å². The summed E-state index contributed by atoms with van der Waals surface area (Å²) in [6, 6.07) is 10.8. The number of ether oxygens (including phenoxy) is 1. The van der Waals surface area contributed by atoms with Crippen molar-refractivity contribution in [1.82, 2.24) is 4.98 Å². The van der Waals surface area contributed by atoms with Crippen molar-refractivity contribution >= 4 is 11.5 Å². The van der Waals surface area contributed by atoms with E-state index in [-0.39, 0.29) is 0 Å². The SMILES string of the molecule is CCc1ccc(CCCc2cc(N3CCCCC3)cc(N)n2)cc1OC. The van der Waals surface area contributed by atoms with Gasteiger partial charge in [0.2, 0.25) is 0 Å². The van der Waals surface area contributed by atoms with Crippen LogP contribution in [0, 0.1) is 0 Å². The van der Waals surface area contributed by atoms with Crippen LogP contribution in [0.25, 0.3) is 0 Å². The Morgan fingerprint density at radius 3 is 2.62 bits per heavy atom. The molecule has 0 atom stereocenters. The third kappa shape index (κ3) is 4.69. The predicted octanol–water partition coefficient (Wildman–Crippen LogP) is 4.40. The number of aromatic nitrogens is 1. The first kappa shape index (κ1) is 18.6. The average molecular weight is 354 g/mol. The van der Waals surface area contributed by atoms with Gasteiger partial charge in [0.15, 0.2) is 0 Å². The number of hydrogen-bond donors (Lipinski definition) is 1. The molecule has 0 bridgehead atoms. The first-order chi connectivity index (χ1) is 12.7. The van der Waals surface area contributed by atoms with Gasteiger partial charge in [-0.05, 0) is 68.2 Å². The lowest BCUT2D eigenvalue weighted by atomic mass is 10.0. The molecule has 2 aromatic rings. The molecule has 0 amide bonds. The fourth-order valence-electron chi connectivity index (χ4n) is 3.77. The van der Waals surface area contributed by atoms with Gasteiger partial charge in [-0.2, -0.15) is 0 Å². The van der Waals surface area contributed by atoms with Gasteiger partial charge in [0.1, 0.15) is 11.6 Å². The Hall–Kier alpha value is -2.23. The van der Waals surface area contributed by atoms with E-state index in [1.54, 1.807) is 7.11 Å². The molecule has 0 aliphatic carbocycles. The summed E-state index contributed by atoms with van der Waals surface area (Å²) in [6.45, 7) is 4.42. The highest BCUT2D eigenvalue weighted by Gasteiger charge is 2.13. The minimum atomic E-state index is 0.636. The Balaban J connectivity index is 1.62. The first-order valence-corrected chi connectivity index (χ1v) is 9.86. The molecule has 3 rings (SSSR count). The average Bonchev–Trinajstić information content (AvgIpc) is 2.68. The van der Waals surface area contributed by atoms with Crippen LogP contribution in [0.1, 0.15) is 49.4 Å². The van der Waals surface area contributed by atoms with Gasteiger partial charge in [-0.25, -0.2) is 4.98 Å². The van der Waals surface area contributed by atoms with E-state index in [9.17, 15) is 0 Å². The molecule has 1 fully saturated rings. The van der Waals surface area contributed by atoms with Gasteiger partial charge in [-0.3, -0.25) is 0 Å². The van der Waals surface area contributed by atoms with Crippen molar-refractivity contribution in [1.29, 1.82) is 0 Å². The van der Waals surface area contributed by atoms with Gasteiger partial charge in [0, 0.05) is 30.5 Å². The van der Waals surface area contributed by atoms with Gasteiger partial charge in [0.05, 0.1) is 7.11 Å². The number of methoxy groups -OCH3 is 1. The third-order valence-corrected chi connectivity index (χ3v) is 5.23. The van der Waals surface area contributed by atoms with Crippen LogP contribution in [-0.4, -0.2) is 25.2 Å². The molecule has 2 N–H and O–H groups in total. The third-order valence-electron chi connectivity index (χ3n) is 5.23. The quantitative estimate of drug-likeness (QED) is 0.801. The van der Waals surface area contributed by atoms with Crippen molar-refractivity contribution in [3.05, 3.63) is 47.2 Å². The summed E-state index contributed by atoms with van der Waals surface area (Å²) in [6.07, 6.45) is 7.91. The fraction of sp³-hybridized carbons (Fsp3) is 0.500. The lowest BCUT2D eigenvalue weighted by Crippen LogP contribution is -2.29. The van der Waals surface area contributed by atoms with Crippen molar-refractivity contribution in [2.45, 2.75) is 51.9 Å². The van der Waals surface area contributed by atoms with Crippen molar-refractivity contribution in [2.24, 2.45) is 0 Å². The van der Waals surface area contributed by atoms with Crippen molar-refractivity contribution in [2.75, 3.05) is 30.8 Å². The van der Waals surface area contributed by atoms with Gasteiger partial charge >= 0.3 is 0 Å². The van der Waals surface area contributed by atoms with Crippen molar-refractivity contribution in [3.63, 3.8) is 0 Å². The molecule has 4 nitrogen and oxygen atoms in total. The Morgan fingerprint density at radius 1 is 1.08 bits per heavy atom. The summed E-state index contributed by atoms with van der Waals surface area (Å²) >= 11 is 0. The highest BCUT2D eigenvalue weighted by molar-refractivity contribution is 5.54. The Kier molecular flexibility index (Phi) is 6.37. The first-order valence-electron chi connectivity index (χ1n) is 9.86. The topological polar surface area (TPSA) is 51.4 Å². The van der Waals surface area contributed by atoms with Crippen LogP contribution < -0.4 is 15.4 Å². The Morgan fingerprint density at radius 2 is 1.88 bits per heavy atom. The number of pyridine rings is 1. The van der Waals surface area contributed by atoms with Crippen LogP contribution in [0.2, 0.25) is 0 Å². The lowest BCUT2D eigenvalue weighted by Gasteiger charge is -2.29. The molecule has 1 aromatic heterocycles. The van der Waals surface area contributed by atoms with E-state index in [2.05, 4.69) is 41.1 Å².